The lowest BCUT2D eigenvalue weighted by Gasteiger charge is -2.09. The lowest BCUT2D eigenvalue weighted by atomic mass is 10.2. The first-order chi connectivity index (χ1) is 15.9. The van der Waals surface area contributed by atoms with E-state index >= 15 is 0 Å². The van der Waals surface area contributed by atoms with Crippen molar-refractivity contribution in [3.8, 4) is 11.5 Å². The molecule has 2 aromatic carbocycles. The molecule has 172 valence electrons. The van der Waals surface area contributed by atoms with Crippen molar-refractivity contribution in [2.75, 3.05) is 20.3 Å². The largest absolute Gasteiger partial charge is 0.490 e. The second-order valence-electron chi connectivity index (χ2n) is 6.63. The third-order valence-corrected chi connectivity index (χ3v) is 5.30. The number of carbonyl (C=O) groups is 3. The van der Waals surface area contributed by atoms with E-state index in [4.69, 9.17) is 14.6 Å². The van der Waals surface area contributed by atoms with Gasteiger partial charge in [-0.2, -0.15) is 5.10 Å². The van der Waals surface area contributed by atoms with Crippen LogP contribution in [0.2, 0.25) is 0 Å². The Morgan fingerprint density at radius 2 is 1.82 bits per heavy atom. The summed E-state index contributed by atoms with van der Waals surface area (Å²) in [6.45, 7) is 0.546. The van der Waals surface area contributed by atoms with Crippen molar-refractivity contribution in [2.45, 2.75) is 11.7 Å². The van der Waals surface area contributed by atoms with E-state index in [0.717, 1.165) is 17.3 Å². The van der Waals surface area contributed by atoms with Gasteiger partial charge in [0.1, 0.15) is 30.0 Å². The van der Waals surface area contributed by atoms with Gasteiger partial charge in [0.05, 0.1) is 25.3 Å². The highest BCUT2D eigenvalue weighted by molar-refractivity contribution is 8.15. The number of carboxylic acids is 1. The fraction of sp³-hybridized carbons (Fsp3) is 0.227. The number of benzene rings is 2. The lowest BCUT2D eigenvalue weighted by molar-refractivity contribution is -0.138. The Labute approximate surface area is 193 Å². The predicted octanol–water partition coefficient (Wildman–Crippen LogP) is 2.33. The van der Waals surface area contributed by atoms with Gasteiger partial charge in [0.2, 0.25) is 5.91 Å². The molecule has 0 spiro atoms. The van der Waals surface area contributed by atoms with Crippen molar-refractivity contribution in [1.29, 1.82) is 0 Å². The zero-order chi connectivity index (χ0) is 23.6. The van der Waals surface area contributed by atoms with Gasteiger partial charge in [-0.15, -0.1) is 5.10 Å². The van der Waals surface area contributed by atoms with Crippen LogP contribution in [0.25, 0.3) is 0 Å². The van der Waals surface area contributed by atoms with Gasteiger partial charge in [-0.1, -0.05) is 30.0 Å². The second-order valence-corrected chi connectivity index (χ2v) is 7.82. The number of carboxylic acid groups (broad SMARTS) is 1. The average Bonchev–Trinajstić information content (AvgIpc) is 3.15. The van der Waals surface area contributed by atoms with Crippen molar-refractivity contribution in [2.24, 2.45) is 10.2 Å². The summed E-state index contributed by atoms with van der Waals surface area (Å²) in [4.78, 5) is 34.0. The topological polar surface area (TPSA) is 136 Å². The van der Waals surface area contributed by atoms with E-state index in [1.54, 1.807) is 48.5 Å². The number of nitrogens with one attached hydrogen (secondary N) is 1. The van der Waals surface area contributed by atoms with Crippen molar-refractivity contribution in [3.05, 3.63) is 59.7 Å². The molecule has 33 heavy (non-hydrogen) atoms. The number of ether oxygens (including phenoxy) is 3. The molecule has 0 saturated carbocycles. The van der Waals surface area contributed by atoms with Crippen molar-refractivity contribution < 1.29 is 33.7 Å². The van der Waals surface area contributed by atoms with Crippen LogP contribution in [0.3, 0.4) is 0 Å². The number of esters is 1. The Kier molecular flexibility index (Phi) is 8.42. The number of carbonyl (C=O) groups excluding carboxylic acids is 2. The Morgan fingerprint density at radius 3 is 2.52 bits per heavy atom. The highest BCUT2D eigenvalue weighted by Gasteiger charge is 2.32. The summed E-state index contributed by atoms with van der Waals surface area (Å²) in [6.07, 6.45) is 1.21. The molecule has 2 N–H and O–H groups in total. The SMILES string of the molecule is COC(=O)c1cccc(OCCOc2cccc(C=NN=C3NC(=O)C(CC(=O)O)S3)c2)c1. The molecule has 0 bridgehead atoms. The summed E-state index contributed by atoms with van der Waals surface area (Å²) in [7, 11) is 1.32. The quantitative estimate of drug-likeness (QED) is 0.233. The van der Waals surface area contributed by atoms with E-state index in [1.807, 2.05) is 0 Å². The molecule has 0 aromatic heterocycles. The molecule has 1 heterocycles. The van der Waals surface area contributed by atoms with Gasteiger partial charge in [0, 0.05) is 0 Å². The number of nitrogens with zero attached hydrogens (tertiary/aromatic N) is 2. The fourth-order valence-electron chi connectivity index (χ4n) is 2.73. The molecule has 3 rings (SSSR count). The molecule has 1 fully saturated rings. The number of amides is 1. The summed E-state index contributed by atoms with van der Waals surface area (Å²) in [5.74, 6) is -0.753. The van der Waals surface area contributed by atoms with Crippen molar-refractivity contribution in [3.63, 3.8) is 0 Å². The molecule has 0 aliphatic carbocycles. The van der Waals surface area contributed by atoms with E-state index in [1.165, 1.54) is 13.3 Å². The van der Waals surface area contributed by atoms with Gasteiger partial charge in [-0.05, 0) is 35.9 Å². The number of aliphatic carboxylic acids is 1. The summed E-state index contributed by atoms with van der Waals surface area (Å²) < 4.78 is 16.0. The molecule has 1 atom stereocenters. The van der Waals surface area contributed by atoms with Gasteiger partial charge < -0.3 is 24.6 Å². The minimum absolute atomic E-state index is 0.253. The predicted molar refractivity (Wildman–Crippen MR) is 122 cm³/mol. The number of rotatable bonds is 10. The van der Waals surface area contributed by atoms with Crippen LogP contribution in [-0.2, 0) is 14.3 Å². The molecule has 10 nitrogen and oxygen atoms in total. The number of hydrogen-bond acceptors (Lipinski definition) is 9. The normalized spacial score (nSPS) is 16.6. The van der Waals surface area contributed by atoms with Crippen LogP contribution >= 0.6 is 11.8 Å². The number of hydrogen-bond donors (Lipinski definition) is 2. The van der Waals surface area contributed by atoms with Gasteiger partial charge in [-0.25, -0.2) is 4.79 Å². The van der Waals surface area contributed by atoms with E-state index in [-0.39, 0.29) is 24.8 Å². The third-order valence-electron chi connectivity index (χ3n) is 4.23. The maximum atomic E-state index is 11.7. The van der Waals surface area contributed by atoms with Crippen LogP contribution in [-0.4, -0.2) is 59.9 Å². The third kappa shape index (κ3) is 7.35. The highest BCUT2D eigenvalue weighted by atomic mass is 32.2. The zero-order valence-corrected chi connectivity index (χ0v) is 18.4. The zero-order valence-electron chi connectivity index (χ0n) is 17.6. The first-order valence-corrected chi connectivity index (χ1v) is 10.7. The molecule has 2 aromatic rings. The molecule has 1 unspecified atom stereocenters. The van der Waals surface area contributed by atoms with Crippen LogP contribution in [0.1, 0.15) is 22.3 Å². The molecule has 11 heteroatoms. The van der Waals surface area contributed by atoms with Crippen molar-refractivity contribution in [1.82, 2.24) is 5.32 Å². The highest BCUT2D eigenvalue weighted by Crippen LogP contribution is 2.22. The monoisotopic (exact) mass is 471 g/mol. The van der Waals surface area contributed by atoms with Crippen LogP contribution < -0.4 is 14.8 Å². The number of thioether (sulfide) groups is 1. The van der Waals surface area contributed by atoms with Crippen LogP contribution in [0.5, 0.6) is 11.5 Å². The van der Waals surface area contributed by atoms with Gasteiger partial charge in [0.15, 0.2) is 5.17 Å². The summed E-state index contributed by atoms with van der Waals surface area (Å²) in [5.41, 5.74) is 1.12. The maximum Gasteiger partial charge on any atom is 0.337 e. The van der Waals surface area contributed by atoms with Crippen molar-refractivity contribution >= 4 is 41.0 Å². The molecule has 1 aliphatic heterocycles. The van der Waals surface area contributed by atoms with Gasteiger partial charge >= 0.3 is 11.9 Å². The Morgan fingerprint density at radius 1 is 1.12 bits per heavy atom. The van der Waals surface area contributed by atoms with E-state index < -0.39 is 23.1 Å². The van der Waals surface area contributed by atoms with Crippen LogP contribution in [0.15, 0.2) is 58.7 Å². The standard InChI is InChI=1S/C22H21N3O7S/c1-30-21(29)15-5-3-7-17(11-15)32-9-8-31-16-6-2-4-14(10-16)13-23-25-22-24-20(28)18(33-22)12-19(26)27/h2-7,10-11,13,18H,8-9,12H2,1H3,(H,26,27)(H,24,25,28). The fourth-order valence-corrected chi connectivity index (χ4v) is 3.64. The maximum absolute atomic E-state index is 11.7. The van der Waals surface area contributed by atoms with Gasteiger partial charge in [-0.3, -0.25) is 9.59 Å². The molecule has 1 saturated heterocycles. The van der Waals surface area contributed by atoms with Crippen LogP contribution in [0, 0.1) is 0 Å². The Bertz CT molecular complexity index is 1090. The molecule has 0 radical (unpaired) electrons. The number of amidine groups is 1. The van der Waals surface area contributed by atoms with Gasteiger partial charge in [0.25, 0.3) is 0 Å². The van der Waals surface area contributed by atoms with E-state index in [0.29, 0.717) is 17.1 Å². The Hall–Kier alpha value is -3.86. The van der Waals surface area contributed by atoms with E-state index in [2.05, 4.69) is 20.3 Å². The molecule has 1 aliphatic rings. The summed E-state index contributed by atoms with van der Waals surface area (Å²) in [6, 6.07) is 13.8. The number of methoxy groups -OCH3 is 1. The minimum atomic E-state index is -1.05. The molecule has 1 amide bonds. The molecular weight excluding hydrogens is 450 g/mol. The first kappa shape index (κ1) is 23.8. The smallest absolute Gasteiger partial charge is 0.337 e. The molecular formula is C22H21N3O7S. The lowest BCUT2D eigenvalue weighted by Crippen LogP contribution is -2.26. The Balaban J connectivity index is 1.48. The second kappa shape index (κ2) is 11.7. The summed E-state index contributed by atoms with van der Waals surface area (Å²) >= 11 is 1.03. The minimum Gasteiger partial charge on any atom is -0.490 e. The first-order valence-electron chi connectivity index (χ1n) is 9.79. The van der Waals surface area contributed by atoms with Crippen LogP contribution in [0.4, 0.5) is 0 Å². The summed E-state index contributed by atoms with van der Waals surface area (Å²) in [5, 5.41) is 18.7. The average molecular weight is 471 g/mol. The van der Waals surface area contributed by atoms with E-state index in [9.17, 15) is 14.4 Å².